The molecule has 0 saturated heterocycles. The number of carbonyl (C=O) groups excluding carboxylic acids is 1. The van der Waals surface area contributed by atoms with Gasteiger partial charge in [0.25, 0.3) is 5.91 Å². The SMILES string of the molecule is O=C(O)CCCCCNC(=O)c1cncn1-c1ccccc1. The third-order valence-electron chi connectivity index (χ3n) is 3.26. The lowest BCUT2D eigenvalue weighted by Gasteiger charge is -2.08. The molecule has 6 nitrogen and oxygen atoms in total. The van der Waals surface area contributed by atoms with Crippen LogP contribution >= 0.6 is 0 Å². The van der Waals surface area contributed by atoms with Crippen molar-refractivity contribution in [3.8, 4) is 5.69 Å². The average Bonchev–Trinajstić information content (AvgIpc) is 3.00. The minimum atomic E-state index is -0.782. The number of aromatic nitrogens is 2. The minimum absolute atomic E-state index is 0.175. The van der Waals surface area contributed by atoms with Gasteiger partial charge in [0, 0.05) is 18.7 Å². The van der Waals surface area contributed by atoms with Gasteiger partial charge in [0.15, 0.2) is 0 Å². The van der Waals surface area contributed by atoms with Crippen LogP contribution < -0.4 is 5.32 Å². The molecule has 2 N–H and O–H groups in total. The van der Waals surface area contributed by atoms with Gasteiger partial charge in [-0.2, -0.15) is 0 Å². The number of nitrogens with zero attached hydrogens (tertiary/aromatic N) is 2. The highest BCUT2D eigenvalue weighted by atomic mass is 16.4. The summed E-state index contributed by atoms with van der Waals surface area (Å²) in [4.78, 5) is 26.6. The van der Waals surface area contributed by atoms with E-state index in [9.17, 15) is 9.59 Å². The molecule has 6 heteroatoms. The van der Waals surface area contributed by atoms with E-state index < -0.39 is 5.97 Å². The Hall–Kier alpha value is -2.63. The van der Waals surface area contributed by atoms with Crippen LogP contribution in [0.25, 0.3) is 5.69 Å². The molecular weight excluding hydrogens is 282 g/mol. The van der Waals surface area contributed by atoms with Crippen molar-refractivity contribution in [2.45, 2.75) is 25.7 Å². The Labute approximate surface area is 128 Å². The number of hydrogen-bond donors (Lipinski definition) is 2. The number of benzene rings is 1. The van der Waals surface area contributed by atoms with Gasteiger partial charge in [-0.3, -0.25) is 14.2 Å². The molecule has 2 aromatic rings. The Balaban J connectivity index is 1.84. The summed E-state index contributed by atoms with van der Waals surface area (Å²) < 4.78 is 1.74. The van der Waals surface area contributed by atoms with Crippen molar-refractivity contribution in [2.24, 2.45) is 0 Å². The summed E-state index contributed by atoms with van der Waals surface area (Å²) in [6.07, 6.45) is 5.49. The molecule has 2 rings (SSSR count). The first-order valence-electron chi connectivity index (χ1n) is 7.26. The van der Waals surface area contributed by atoms with E-state index >= 15 is 0 Å². The van der Waals surface area contributed by atoms with Crippen molar-refractivity contribution in [3.05, 3.63) is 48.5 Å². The summed E-state index contributed by atoms with van der Waals surface area (Å²) in [5, 5.41) is 11.4. The predicted octanol–water partition coefficient (Wildman–Crippen LogP) is 2.25. The maximum Gasteiger partial charge on any atom is 0.303 e. The number of carboxylic acid groups (broad SMARTS) is 1. The highest BCUT2D eigenvalue weighted by Crippen LogP contribution is 2.10. The lowest BCUT2D eigenvalue weighted by atomic mass is 10.2. The van der Waals surface area contributed by atoms with E-state index in [1.165, 1.54) is 6.20 Å². The van der Waals surface area contributed by atoms with E-state index in [0.29, 0.717) is 18.7 Å². The Morgan fingerprint density at radius 2 is 1.91 bits per heavy atom. The molecule has 1 aromatic carbocycles. The van der Waals surface area contributed by atoms with Gasteiger partial charge in [0.2, 0.25) is 0 Å². The molecule has 0 spiro atoms. The van der Waals surface area contributed by atoms with Crippen molar-refractivity contribution in [2.75, 3.05) is 6.54 Å². The van der Waals surface area contributed by atoms with Gasteiger partial charge < -0.3 is 10.4 Å². The second kappa shape index (κ2) is 7.97. The van der Waals surface area contributed by atoms with E-state index in [2.05, 4.69) is 10.3 Å². The van der Waals surface area contributed by atoms with Crippen LogP contribution in [-0.2, 0) is 4.79 Å². The number of rotatable bonds is 8. The number of carboxylic acids is 1. The molecule has 0 radical (unpaired) electrons. The third kappa shape index (κ3) is 4.44. The van der Waals surface area contributed by atoms with Crippen LogP contribution in [0.4, 0.5) is 0 Å². The molecule has 1 aromatic heterocycles. The molecule has 0 fully saturated rings. The first-order chi connectivity index (χ1) is 10.7. The second-order valence-electron chi connectivity index (χ2n) is 4.94. The molecule has 0 atom stereocenters. The van der Waals surface area contributed by atoms with Crippen LogP contribution in [0.1, 0.15) is 36.2 Å². The first kappa shape index (κ1) is 15.8. The van der Waals surface area contributed by atoms with E-state index in [0.717, 1.165) is 18.5 Å². The summed E-state index contributed by atoms with van der Waals surface area (Å²) >= 11 is 0. The zero-order valence-corrected chi connectivity index (χ0v) is 12.2. The fraction of sp³-hybridized carbons (Fsp3) is 0.312. The highest BCUT2D eigenvalue weighted by molar-refractivity contribution is 5.92. The van der Waals surface area contributed by atoms with Gasteiger partial charge in [0.05, 0.1) is 12.5 Å². The summed E-state index contributed by atoms with van der Waals surface area (Å²) in [5.41, 5.74) is 1.36. The number of imidazole rings is 1. The number of hydrogen-bond acceptors (Lipinski definition) is 3. The molecule has 1 amide bonds. The smallest absolute Gasteiger partial charge is 0.303 e. The van der Waals surface area contributed by atoms with Gasteiger partial charge in [0.1, 0.15) is 5.69 Å². The monoisotopic (exact) mass is 301 g/mol. The lowest BCUT2D eigenvalue weighted by Crippen LogP contribution is -2.26. The van der Waals surface area contributed by atoms with Crippen LogP contribution in [0.15, 0.2) is 42.9 Å². The second-order valence-corrected chi connectivity index (χ2v) is 4.94. The molecule has 0 aliphatic rings. The molecule has 116 valence electrons. The van der Waals surface area contributed by atoms with Gasteiger partial charge in [-0.15, -0.1) is 0 Å². The van der Waals surface area contributed by atoms with E-state index in [1.807, 2.05) is 30.3 Å². The van der Waals surface area contributed by atoms with Crippen molar-refractivity contribution >= 4 is 11.9 Å². The Morgan fingerprint density at radius 1 is 1.14 bits per heavy atom. The average molecular weight is 301 g/mol. The molecule has 0 unspecified atom stereocenters. The van der Waals surface area contributed by atoms with Gasteiger partial charge in [-0.25, -0.2) is 4.98 Å². The largest absolute Gasteiger partial charge is 0.481 e. The molecular formula is C16H19N3O3. The van der Waals surface area contributed by atoms with Crippen LogP contribution in [0.5, 0.6) is 0 Å². The first-order valence-corrected chi connectivity index (χ1v) is 7.26. The number of amides is 1. The lowest BCUT2D eigenvalue weighted by molar-refractivity contribution is -0.137. The molecule has 0 aliphatic heterocycles. The molecule has 22 heavy (non-hydrogen) atoms. The van der Waals surface area contributed by atoms with Crippen molar-refractivity contribution in [1.29, 1.82) is 0 Å². The van der Waals surface area contributed by atoms with Crippen molar-refractivity contribution < 1.29 is 14.7 Å². The number of para-hydroxylation sites is 1. The van der Waals surface area contributed by atoms with Gasteiger partial charge >= 0.3 is 5.97 Å². The predicted molar refractivity (Wildman–Crippen MR) is 82.0 cm³/mol. The van der Waals surface area contributed by atoms with Crippen LogP contribution in [0.3, 0.4) is 0 Å². The van der Waals surface area contributed by atoms with Crippen molar-refractivity contribution in [1.82, 2.24) is 14.9 Å². The zero-order valence-electron chi connectivity index (χ0n) is 12.2. The summed E-state index contributed by atoms with van der Waals surface area (Å²) in [7, 11) is 0. The van der Waals surface area contributed by atoms with Gasteiger partial charge in [-0.05, 0) is 25.0 Å². The number of nitrogens with one attached hydrogen (secondary N) is 1. The van der Waals surface area contributed by atoms with Gasteiger partial charge in [-0.1, -0.05) is 24.6 Å². The maximum absolute atomic E-state index is 12.2. The van der Waals surface area contributed by atoms with E-state index in [1.54, 1.807) is 10.9 Å². The van der Waals surface area contributed by atoms with Crippen LogP contribution in [0, 0.1) is 0 Å². The van der Waals surface area contributed by atoms with Crippen molar-refractivity contribution in [3.63, 3.8) is 0 Å². The standard InChI is InChI=1S/C16H19N3O3/c20-15(21)9-5-2-6-10-18-16(22)14-11-17-12-19(14)13-7-3-1-4-8-13/h1,3-4,7-8,11-12H,2,5-6,9-10H2,(H,18,22)(H,20,21). The minimum Gasteiger partial charge on any atom is -0.481 e. The zero-order chi connectivity index (χ0) is 15.8. The van der Waals surface area contributed by atoms with Crippen LogP contribution in [-0.4, -0.2) is 33.1 Å². The summed E-state index contributed by atoms with van der Waals surface area (Å²) in [5.74, 6) is -0.963. The Morgan fingerprint density at radius 3 is 2.64 bits per heavy atom. The maximum atomic E-state index is 12.2. The number of carbonyl (C=O) groups is 2. The molecule has 1 heterocycles. The molecule has 0 bridgehead atoms. The van der Waals surface area contributed by atoms with E-state index in [-0.39, 0.29) is 12.3 Å². The normalized spacial score (nSPS) is 10.4. The Bertz CT molecular complexity index is 623. The topological polar surface area (TPSA) is 84.2 Å². The summed E-state index contributed by atoms with van der Waals surface area (Å²) in [6, 6.07) is 9.53. The molecule has 0 saturated carbocycles. The number of aliphatic carboxylic acids is 1. The fourth-order valence-corrected chi connectivity index (χ4v) is 2.13. The Kier molecular flexibility index (Phi) is 5.71. The fourth-order valence-electron chi connectivity index (χ4n) is 2.13. The molecule has 0 aliphatic carbocycles. The number of unbranched alkanes of at least 4 members (excludes halogenated alkanes) is 2. The highest BCUT2D eigenvalue weighted by Gasteiger charge is 2.12. The third-order valence-corrected chi connectivity index (χ3v) is 3.26. The quantitative estimate of drug-likeness (QED) is 0.732. The van der Waals surface area contributed by atoms with E-state index in [4.69, 9.17) is 5.11 Å². The summed E-state index contributed by atoms with van der Waals surface area (Å²) in [6.45, 7) is 0.526. The van der Waals surface area contributed by atoms with Crippen LogP contribution in [0.2, 0.25) is 0 Å².